The number of nitrogens with zero attached hydrogens (tertiary/aromatic N) is 1. The minimum Gasteiger partial charge on any atom is -0.490 e. The number of hydrogen-bond acceptors (Lipinski definition) is 4. The van der Waals surface area contributed by atoms with E-state index in [9.17, 15) is 0 Å². The maximum atomic E-state index is 5.77. The number of para-hydroxylation sites is 2. The van der Waals surface area contributed by atoms with Crippen LogP contribution in [0.25, 0.3) is 0 Å². The van der Waals surface area contributed by atoms with Crippen molar-refractivity contribution in [3.8, 4) is 11.5 Å². The largest absolute Gasteiger partial charge is 0.490 e. The van der Waals surface area contributed by atoms with Crippen LogP contribution >= 0.6 is 0 Å². The van der Waals surface area contributed by atoms with Crippen LogP contribution in [0.4, 0.5) is 0 Å². The number of ether oxygens (including phenoxy) is 2. The summed E-state index contributed by atoms with van der Waals surface area (Å²) in [5.74, 6) is 1.63. The van der Waals surface area contributed by atoms with Gasteiger partial charge in [0.05, 0.1) is 6.61 Å². The molecule has 4 heteroatoms. The maximum absolute atomic E-state index is 5.77. The quantitative estimate of drug-likeness (QED) is 0.667. The molecule has 114 valence electrons. The Morgan fingerprint density at radius 1 is 1.15 bits per heavy atom. The molecule has 0 amide bonds. The van der Waals surface area contributed by atoms with Crippen molar-refractivity contribution in [1.29, 1.82) is 0 Å². The van der Waals surface area contributed by atoms with Gasteiger partial charge in [-0.2, -0.15) is 0 Å². The van der Waals surface area contributed by atoms with Gasteiger partial charge in [-0.1, -0.05) is 12.1 Å². The molecule has 0 aliphatic rings. The zero-order valence-electron chi connectivity index (χ0n) is 13.2. The predicted octanol–water partition coefficient (Wildman–Crippen LogP) is 2.39. The van der Waals surface area contributed by atoms with Gasteiger partial charge in [0.25, 0.3) is 0 Å². The van der Waals surface area contributed by atoms with Gasteiger partial charge in [0.1, 0.15) is 6.61 Å². The normalized spacial score (nSPS) is 12.4. The summed E-state index contributed by atoms with van der Waals surface area (Å²) in [5, 5.41) is 3.47. The van der Waals surface area contributed by atoms with Crippen molar-refractivity contribution < 1.29 is 9.47 Å². The second kappa shape index (κ2) is 9.61. The highest BCUT2D eigenvalue weighted by molar-refractivity contribution is 5.39. The number of benzene rings is 1. The van der Waals surface area contributed by atoms with E-state index >= 15 is 0 Å². The first-order valence-corrected chi connectivity index (χ1v) is 7.36. The molecule has 1 aromatic rings. The Labute approximate surface area is 123 Å². The fraction of sp³-hybridized carbons (Fsp3) is 0.625. The molecule has 0 spiro atoms. The molecule has 0 aromatic heterocycles. The van der Waals surface area contributed by atoms with Crippen molar-refractivity contribution in [2.24, 2.45) is 0 Å². The molecular formula is C16H28N2O2. The van der Waals surface area contributed by atoms with Gasteiger partial charge in [0.2, 0.25) is 0 Å². The Morgan fingerprint density at radius 2 is 1.80 bits per heavy atom. The lowest BCUT2D eigenvalue weighted by molar-refractivity contribution is 0.269. The number of rotatable bonds is 10. The van der Waals surface area contributed by atoms with Crippen LogP contribution in [0.2, 0.25) is 0 Å². The average molecular weight is 280 g/mol. The van der Waals surface area contributed by atoms with Crippen molar-refractivity contribution in [3.05, 3.63) is 24.3 Å². The molecule has 0 aliphatic carbocycles. The van der Waals surface area contributed by atoms with Gasteiger partial charge in [-0.05, 0) is 53.0 Å². The molecule has 0 saturated heterocycles. The van der Waals surface area contributed by atoms with E-state index in [0.717, 1.165) is 31.0 Å². The topological polar surface area (TPSA) is 33.7 Å². The summed E-state index contributed by atoms with van der Waals surface area (Å²) in [6.07, 6.45) is 1.14. The zero-order valence-corrected chi connectivity index (χ0v) is 13.2. The van der Waals surface area contributed by atoms with Gasteiger partial charge in [-0.3, -0.25) is 0 Å². The Morgan fingerprint density at radius 3 is 2.40 bits per heavy atom. The smallest absolute Gasteiger partial charge is 0.161 e. The molecule has 0 aliphatic heterocycles. The van der Waals surface area contributed by atoms with Gasteiger partial charge < -0.3 is 19.7 Å². The van der Waals surface area contributed by atoms with Crippen LogP contribution in [-0.4, -0.2) is 51.3 Å². The molecular weight excluding hydrogens is 252 g/mol. The highest BCUT2D eigenvalue weighted by atomic mass is 16.5. The Balaban J connectivity index is 2.24. The first kappa shape index (κ1) is 16.8. The molecule has 1 rings (SSSR count). The Bertz CT molecular complexity index is 369. The van der Waals surface area contributed by atoms with Crippen LogP contribution in [0.15, 0.2) is 24.3 Å². The number of nitrogens with one attached hydrogen (secondary N) is 1. The minimum absolute atomic E-state index is 0.503. The molecule has 0 radical (unpaired) electrons. The second-order valence-electron chi connectivity index (χ2n) is 5.18. The SMILES string of the molecule is CCOc1ccccc1OCCNC(C)CCN(C)C. The first-order chi connectivity index (χ1) is 9.63. The molecule has 4 nitrogen and oxygen atoms in total. The monoisotopic (exact) mass is 280 g/mol. The summed E-state index contributed by atoms with van der Waals surface area (Å²) in [4.78, 5) is 2.20. The van der Waals surface area contributed by atoms with E-state index in [1.165, 1.54) is 0 Å². The summed E-state index contributed by atoms with van der Waals surface area (Å²) < 4.78 is 11.3. The highest BCUT2D eigenvalue weighted by Gasteiger charge is 2.04. The van der Waals surface area contributed by atoms with E-state index in [-0.39, 0.29) is 0 Å². The first-order valence-electron chi connectivity index (χ1n) is 7.36. The lowest BCUT2D eigenvalue weighted by atomic mass is 10.2. The highest BCUT2D eigenvalue weighted by Crippen LogP contribution is 2.25. The van der Waals surface area contributed by atoms with Gasteiger partial charge in [-0.15, -0.1) is 0 Å². The predicted molar refractivity (Wildman–Crippen MR) is 83.7 cm³/mol. The van der Waals surface area contributed by atoms with Crippen LogP contribution in [0, 0.1) is 0 Å². The molecule has 1 unspecified atom stereocenters. The van der Waals surface area contributed by atoms with Gasteiger partial charge in [0.15, 0.2) is 11.5 Å². The van der Waals surface area contributed by atoms with Crippen LogP contribution in [0.1, 0.15) is 20.3 Å². The summed E-state index contributed by atoms with van der Waals surface area (Å²) >= 11 is 0. The average Bonchev–Trinajstić information content (AvgIpc) is 2.43. The second-order valence-corrected chi connectivity index (χ2v) is 5.18. The van der Waals surface area contributed by atoms with Crippen LogP contribution < -0.4 is 14.8 Å². The summed E-state index contributed by atoms with van der Waals surface area (Å²) in [6, 6.07) is 8.31. The summed E-state index contributed by atoms with van der Waals surface area (Å²) in [6.45, 7) is 7.43. The Hall–Kier alpha value is -1.26. The molecule has 0 saturated carbocycles. The van der Waals surface area contributed by atoms with Crippen molar-refractivity contribution in [2.45, 2.75) is 26.3 Å². The summed E-state index contributed by atoms with van der Waals surface area (Å²) in [7, 11) is 4.20. The molecule has 0 fully saturated rings. The van der Waals surface area contributed by atoms with Gasteiger partial charge in [-0.25, -0.2) is 0 Å². The minimum atomic E-state index is 0.503. The van der Waals surface area contributed by atoms with Crippen molar-refractivity contribution >= 4 is 0 Å². The zero-order chi connectivity index (χ0) is 14.8. The van der Waals surface area contributed by atoms with E-state index in [4.69, 9.17) is 9.47 Å². The lowest BCUT2D eigenvalue weighted by Crippen LogP contribution is -2.32. The third kappa shape index (κ3) is 6.78. The fourth-order valence-electron chi connectivity index (χ4n) is 1.86. The van der Waals surface area contributed by atoms with E-state index in [1.807, 2.05) is 31.2 Å². The van der Waals surface area contributed by atoms with E-state index < -0.39 is 0 Å². The van der Waals surface area contributed by atoms with Gasteiger partial charge in [0, 0.05) is 12.6 Å². The molecule has 0 bridgehead atoms. The van der Waals surface area contributed by atoms with Crippen molar-refractivity contribution in [3.63, 3.8) is 0 Å². The molecule has 1 aromatic carbocycles. The van der Waals surface area contributed by atoms with Crippen LogP contribution in [0.5, 0.6) is 11.5 Å². The molecule has 0 heterocycles. The van der Waals surface area contributed by atoms with Crippen molar-refractivity contribution in [2.75, 3.05) is 40.4 Å². The Kier molecular flexibility index (Phi) is 8.07. The molecule has 1 atom stereocenters. The molecule has 1 N–H and O–H groups in total. The van der Waals surface area contributed by atoms with Crippen molar-refractivity contribution in [1.82, 2.24) is 10.2 Å². The standard InChI is InChI=1S/C16H28N2O2/c1-5-19-15-8-6-7-9-16(15)20-13-11-17-14(2)10-12-18(3)4/h6-9,14,17H,5,10-13H2,1-4H3. The maximum Gasteiger partial charge on any atom is 0.161 e. The lowest BCUT2D eigenvalue weighted by Gasteiger charge is -2.17. The van der Waals surface area contributed by atoms with Gasteiger partial charge >= 0.3 is 0 Å². The van der Waals surface area contributed by atoms with E-state index in [2.05, 4.69) is 31.2 Å². The number of hydrogen-bond donors (Lipinski definition) is 1. The third-order valence-corrected chi connectivity index (χ3v) is 3.01. The van der Waals surface area contributed by atoms with E-state index in [0.29, 0.717) is 19.3 Å². The van der Waals surface area contributed by atoms with Crippen LogP contribution in [-0.2, 0) is 0 Å². The van der Waals surface area contributed by atoms with Crippen LogP contribution in [0.3, 0.4) is 0 Å². The van der Waals surface area contributed by atoms with E-state index in [1.54, 1.807) is 0 Å². The third-order valence-electron chi connectivity index (χ3n) is 3.01. The fourth-order valence-corrected chi connectivity index (χ4v) is 1.86. The molecule has 20 heavy (non-hydrogen) atoms. The summed E-state index contributed by atoms with van der Waals surface area (Å²) in [5.41, 5.74) is 0.